The van der Waals surface area contributed by atoms with Crippen molar-refractivity contribution >= 4 is 34.5 Å². The van der Waals surface area contributed by atoms with Crippen LogP contribution in [0.4, 0.5) is 4.39 Å². The molecule has 0 aromatic heterocycles. The Morgan fingerprint density at radius 2 is 2.00 bits per heavy atom. The van der Waals surface area contributed by atoms with E-state index >= 15 is 0 Å². The van der Waals surface area contributed by atoms with Gasteiger partial charge in [0.1, 0.15) is 5.82 Å². The summed E-state index contributed by atoms with van der Waals surface area (Å²) >= 11 is 7.49. The number of amides is 1. The number of nitrogens with one attached hydrogen (secondary N) is 1. The maximum atomic E-state index is 13.5. The summed E-state index contributed by atoms with van der Waals surface area (Å²) in [6, 6.07) is 11.7. The van der Waals surface area contributed by atoms with Gasteiger partial charge < -0.3 is 5.32 Å². The molecule has 0 radical (unpaired) electrons. The molecule has 2 rings (SSSR count). The predicted molar refractivity (Wildman–Crippen MR) is 79.0 cm³/mol. The van der Waals surface area contributed by atoms with Gasteiger partial charge in [-0.1, -0.05) is 34.1 Å². The van der Waals surface area contributed by atoms with Crippen LogP contribution in [0.5, 0.6) is 0 Å². The highest BCUT2D eigenvalue weighted by Crippen LogP contribution is 2.16. The van der Waals surface area contributed by atoms with Gasteiger partial charge >= 0.3 is 0 Å². The largest absolute Gasteiger partial charge is 0.348 e. The van der Waals surface area contributed by atoms with Gasteiger partial charge in [-0.05, 0) is 29.8 Å². The fourth-order valence-corrected chi connectivity index (χ4v) is 2.23. The molecule has 1 amide bonds. The number of thiol groups is 1. The molecular formula is C14H11BrFNOS. The number of benzene rings is 2. The Morgan fingerprint density at radius 3 is 2.74 bits per heavy atom. The molecule has 2 nitrogen and oxygen atoms in total. The molecule has 0 saturated heterocycles. The Bertz CT molecular complexity index is 618. The zero-order valence-corrected chi connectivity index (χ0v) is 12.3. The van der Waals surface area contributed by atoms with Gasteiger partial charge in [0, 0.05) is 15.9 Å². The Kier molecular flexibility index (Phi) is 4.61. The molecule has 0 saturated carbocycles. The first-order valence-electron chi connectivity index (χ1n) is 5.58. The second kappa shape index (κ2) is 6.21. The van der Waals surface area contributed by atoms with Crippen LogP contribution in [0.1, 0.15) is 15.9 Å². The average molecular weight is 340 g/mol. The molecule has 0 spiro atoms. The van der Waals surface area contributed by atoms with Crippen molar-refractivity contribution in [1.29, 1.82) is 0 Å². The van der Waals surface area contributed by atoms with Gasteiger partial charge in [0.15, 0.2) is 0 Å². The number of carbonyl (C=O) groups is 1. The fraction of sp³-hybridized carbons (Fsp3) is 0.0714. The summed E-state index contributed by atoms with van der Waals surface area (Å²) in [4.78, 5) is 12.5. The van der Waals surface area contributed by atoms with E-state index in [9.17, 15) is 9.18 Å². The number of rotatable bonds is 3. The van der Waals surface area contributed by atoms with Gasteiger partial charge in [-0.25, -0.2) is 4.39 Å². The summed E-state index contributed by atoms with van der Waals surface area (Å²) < 4.78 is 14.4. The Balaban J connectivity index is 2.10. The van der Waals surface area contributed by atoms with Crippen LogP contribution >= 0.6 is 28.6 Å². The normalized spacial score (nSPS) is 10.3. The first-order chi connectivity index (χ1) is 9.08. The third kappa shape index (κ3) is 3.58. The second-order valence-corrected chi connectivity index (χ2v) is 5.31. The van der Waals surface area contributed by atoms with E-state index in [0.29, 0.717) is 11.4 Å². The minimum Gasteiger partial charge on any atom is -0.348 e. The molecule has 0 atom stereocenters. The van der Waals surface area contributed by atoms with E-state index in [1.807, 2.05) is 24.3 Å². The molecule has 0 unspecified atom stereocenters. The second-order valence-electron chi connectivity index (χ2n) is 3.94. The van der Waals surface area contributed by atoms with Crippen LogP contribution in [0.15, 0.2) is 51.8 Å². The van der Waals surface area contributed by atoms with Crippen molar-refractivity contribution in [2.24, 2.45) is 0 Å². The standard InChI is InChI=1S/C14H11BrFNOS/c15-12-4-2-1-3-9(12)8-17-14(18)11-7-10(19)5-6-13(11)16/h1-7,19H,8H2,(H,17,18). The molecule has 0 bridgehead atoms. The van der Waals surface area contributed by atoms with Crippen LogP contribution < -0.4 is 5.32 Å². The highest BCUT2D eigenvalue weighted by Gasteiger charge is 2.12. The van der Waals surface area contributed by atoms with Crippen molar-refractivity contribution in [2.45, 2.75) is 11.4 Å². The predicted octanol–water partition coefficient (Wildman–Crippen LogP) is 3.81. The van der Waals surface area contributed by atoms with Crippen molar-refractivity contribution in [3.8, 4) is 0 Å². The van der Waals surface area contributed by atoms with Gasteiger partial charge in [-0.3, -0.25) is 4.79 Å². The van der Waals surface area contributed by atoms with Crippen molar-refractivity contribution < 1.29 is 9.18 Å². The molecule has 5 heteroatoms. The number of hydrogen-bond acceptors (Lipinski definition) is 2. The molecule has 0 heterocycles. The van der Waals surface area contributed by atoms with E-state index in [-0.39, 0.29) is 5.56 Å². The van der Waals surface area contributed by atoms with Crippen LogP contribution in [-0.2, 0) is 6.54 Å². The Morgan fingerprint density at radius 1 is 1.26 bits per heavy atom. The van der Waals surface area contributed by atoms with Gasteiger partial charge in [-0.2, -0.15) is 0 Å². The molecule has 98 valence electrons. The van der Waals surface area contributed by atoms with Crippen LogP contribution in [0, 0.1) is 5.82 Å². The van der Waals surface area contributed by atoms with Crippen molar-refractivity contribution in [1.82, 2.24) is 5.32 Å². The van der Waals surface area contributed by atoms with Gasteiger partial charge in [0.25, 0.3) is 5.91 Å². The quantitative estimate of drug-likeness (QED) is 0.818. The van der Waals surface area contributed by atoms with Crippen molar-refractivity contribution in [2.75, 3.05) is 0 Å². The summed E-state index contributed by atoms with van der Waals surface area (Å²) in [7, 11) is 0. The Labute approximate surface area is 124 Å². The molecule has 0 aliphatic rings. The lowest BCUT2D eigenvalue weighted by molar-refractivity contribution is 0.0946. The Hall–Kier alpha value is -1.33. The zero-order chi connectivity index (χ0) is 13.8. The molecular weight excluding hydrogens is 329 g/mol. The smallest absolute Gasteiger partial charge is 0.254 e. The highest BCUT2D eigenvalue weighted by molar-refractivity contribution is 9.10. The number of halogens is 2. The van der Waals surface area contributed by atoms with E-state index in [2.05, 4.69) is 33.9 Å². The van der Waals surface area contributed by atoms with Crippen LogP contribution in [0.2, 0.25) is 0 Å². The molecule has 0 fully saturated rings. The molecule has 2 aromatic carbocycles. The van der Waals surface area contributed by atoms with Gasteiger partial charge in [0.05, 0.1) is 5.56 Å². The summed E-state index contributed by atoms with van der Waals surface area (Å²) in [5, 5.41) is 2.68. The van der Waals surface area contributed by atoms with Crippen LogP contribution in [-0.4, -0.2) is 5.91 Å². The lowest BCUT2D eigenvalue weighted by Gasteiger charge is -2.08. The molecule has 2 aromatic rings. The minimum atomic E-state index is -0.553. The number of hydrogen-bond donors (Lipinski definition) is 2. The maximum absolute atomic E-state index is 13.5. The average Bonchev–Trinajstić information content (AvgIpc) is 2.40. The highest BCUT2D eigenvalue weighted by atomic mass is 79.9. The van der Waals surface area contributed by atoms with E-state index in [1.54, 1.807) is 0 Å². The first-order valence-corrected chi connectivity index (χ1v) is 6.82. The summed E-state index contributed by atoms with van der Waals surface area (Å²) in [6.07, 6.45) is 0. The summed E-state index contributed by atoms with van der Waals surface area (Å²) in [5.74, 6) is -1.01. The first kappa shape index (κ1) is 14.1. The summed E-state index contributed by atoms with van der Waals surface area (Å²) in [5.41, 5.74) is 0.929. The molecule has 1 N–H and O–H groups in total. The maximum Gasteiger partial charge on any atom is 0.254 e. The van der Waals surface area contributed by atoms with Gasteiger partial charge in [-0.15, -0.1) is 12.6 Å². The van der Waals surface area contributed by atoms with Crippen molar-refractivity contribution in [3.63, 3.8) is 0 Å². The van der Waals surface area contributed by atoms with Crippen molar-refractivity contribution in [3.05, 3.63) is 63.9 Å². The van der Waals surface area contributed by atoms with E-state index < -0.39 is 11.7 Å². The monoisotopic (exact) mass is 339 g/mol. The minimum absolute atomic E-state index is 0.000413. The number of carbonyl (C=O) groups excluding carboxylic acids is 1. The third-order valence-corrected chi connectivity index (χ3v) is 3.64. The van der Waals surface area contributed by atoms with Crippen LogP contribution in [0.25, 0.3) is 0 Å². The zero-order valence-electron chi connectivity index (χ0n) is 9.86. The third-order valence-electron chi connectivity index (χ3n) is 2.59. The van der Waals surface area contributed by atoms with E-state index in [1.165, 1.54) is 18.2 Å². The lowest BCUT2D eigenvalue weighted by atomic mass is 10.2. The van der Waals surface area contributed by atoms with Crippen LogP contribution in [0.3, 0.4) is 0 Å². The van der Waals surface area contributed by atoms with E-state index in [0.717, 1.165) is 10.0 Å². The van der Waals surface area contributed by atoms with Gasteiger partial charge in [0.2, 0.25) is 0 Å². The lowest BCUT2D eigenvalue weighted by Crippen LogP contribution is -2.24. The molecule has 0 aliphatic heterocycles. The molecule has 0 aliphatic carbocycles. The SMILES string of the molecule is O=C(NCc1ccccc1Br)c1cc(S)ccc1F. The van der Waals surface area contributed by atoms with E-state index in [4.69, 9.17) is 0 Å². The summed E-state index contributed by atoms with van der Waals surface area (Å²) in [6.45, 7) is 0.330. The molecule has 19 heavy (non-hydrogen) atoms. The topological polar surface area (TPSA) is 29.1 Å². The fourth-order valence-electron chi connectivity index (χ4n) is 1.60.